The van der Waals surface area contributed by atoms with Crippen LogP contribution in [0.25, 0.3) is 33.6 Å². The second-order valence-electron chi connectivity index (χ2n) is 15.7. The number of carbonyl (C=O) groups is 4. The van der Waals surface area contributed by atoms with Gasteiger partial charge in [0.25, 0.3) is 11.8 Å². The second-order valence-corrected chi connectivity index (χ2v) is 15.7. The molecule has 8 N–H and O–H groups in total. The number of β-amino-alcohol motifs (C(OH)–C–C–N with tert-alkyl or cyclic N) is 2. The Morgan fingerprint density at radius 3 is 1.50 bits per heavy atom. The van der Waals surface area contributed by atoms with Gasteiger partial charge in [-0.25, -0.2) is 19.6 Å². The minimum absolute atomic E-state index is 0.0330. The molecule has 2 aliphatic heterocycles. The van der Waals surface area contributed by atoms with E-state index in [1.54, 1.807) is 73.1 Å². The van der Waals surface area contributed by atoms with Crippen LogP contribution >= 0.6 is 0 Å². The topological polar surface area (TPSA) is 237 Å². The molecule has 318 valence electrons. The normalized spacial score (nSPS) is 19.5. The molecule has 0 aliphatic carbocycles. The van der Waals surface area contributed by atoms with Crippen LogP contribution in [0.4, 0.5) is 9.59 Å². The molecule has 16 heteroatoms. The summed E-state index contributed by atoms with van der Waals surface area (Å²) < 4.78 is 0. The largest absolute Gasteiger partial charge is 0.465 e. The van der Waals surface area contributed by atoms with Crippen molar-refractivity contribution in [2.75, 3.05) is 13.1 Å². The lowest BCUT2D eigenvalue weighted by Gasteiger charge is -2.28. The molecular weight excluding hydrogens is 793 g/mol. The molecule has 8 rings (SSSR count). The number of likely N-dealkylation sites (tertiary alicyclic amines) is 2. The Morgan fingerprint density at radius 1 is 0.597 bits per heavy atom. The first kappa shape index (κ1) is 41.4. The molecule has 2 aliphatic rings. The molecule has 4 amide bonds. The van der Waals surface area contributed by atoms with Crippen molar-refractivity contribution in [3.8, 4) is 33.6 Å². The molecule has 6 aromatic rings. The van der Waals surface area contributed by atoms with Crippen molar-refractivity contribution in [1.82, 2.24) is 40.4 Å². The van der Waals surface area contributed by atoms with E-state index in [1.165, 1.54) is 9.80 Å². The summed E-state index contributed by atoms with van der Waals surface area (Å²) in [7, 11) is 0. The molecule has 2 fully saturated rings. The standard InChI is InChI=1S/C46H46N8O8/c1-25-26(2)34(36-22-48-42(50-36)38-20-32(56)24-54(38)44(58)40(52-46(61)62)30-11-7-4-8-12-30)18-17-33(25)27-13-15-28(16-14-27)35-21-47-41(49-35)37-19-31(55)23-53(37)43(57)39(51-45(59)60)29-9-5-3-6-10-29/h3-18,21-22,31-32,37-40,51-52,55-56H,19-20,23-24H2,1-2H3,(H,47,49)(H,48,50)(H,59,60)(H,61,62)/t31-,32-,37-,38-,39+,40+/m0/s1. The summed E-state index contributed by atoms with van der Waals surface area (Å²) in [6.07, 6.45) is -0.423. The van der Waals surface area contributed by atoms with Gasteiger partial charge in [-0.1, -0.05) is 97.1 Å². The second kappa shape index (κ2) is 17.4. The molecule has 0 spiro atoms. The Morgan fingerprint density at radius 2 is 1.02 bits per heavy atom. The highest BCUT2D eigenvalue weighted by atomic mass is 16.4. The monoisotopic (exact) mass is 838 g/mol. The number of aliphatic hydroxyl groups is 2. The maximum absolute atomic E-state index is 13.9. The predicted molar refractivity (Wildman–Crippen MR) is 227 cm³/mol. The predicted octanol–water partition coefficient (Wildman–Crippen LogP) is 6.04. The summed E-state index contributed by atoms with van der Waals surface area (Å²) in [5, 5.41) is 45.0. The Labute approximate surface area is 356 Å². The van der Waals surface area contributed by atoms with E-state index in [2.05, 4.69) is 30.6 Å². The number of nitrogens with zero attached hydrogens (tertiary/aromatic N) is 4. The Bertz CT molecular complexity index is 2600. The lowest BCUT2D eigenvalue weighted by atomic mass is 9.92. The number of carboxylic acid groups (broad SMARTS) is 2. The molecular formula is C46H46N8O8. The first-order valence-corrected chi connectivity index (χ1v) is 20.2. The van der Waals surface area contributed by atoms with Crippen molar-refractivity contribution in [2.24, 2.45) is 0 Å². The van der Waals surface area contributed by atoms with Crippen LogP contribution in [0.3, 0.4) is 0 Å². The molecule has 0 radical (unpaired) electrons. The van der Waals surface area contributed by atoms with Crippen LogP contribution < -0.4 is 10.6 Å². The smallest absolute Gasteiger partial charge is 0.405 e. The summed E-state index contributed by atoms with van der Waals surface area (Å²) >= 11 is 0. The highest BCUT2D eigenvalue weighted by Crippen LogP contribution is 2.38. The zero-order chi connectivity index (χ0) is 43.7. The first-order chi connectivity index (χ1) is 29.9. The number of imidazole rings is 2. The third kappa shape index (κ3) is 8.37. The minimum Gasteiger partial charge on any atom is -0.465 e. The van der Waals surface area contributed by atoms with Gasteiger partial charge in [-0.05, 0) is 52.8 Å². The average Bonchev–Trinajstić information content (AvgIpc) is 4.10. The van der Waals surface area contributed by atoms with Crippen LogP contribution in [-0.2, 0) is 9.59 Å². The Hall–Kier alpha value is -7.30. The van der Waals surface area contributed by atoms with E-state index in [0.717, 1.165) is 39.1 Å². The van der Waals surface area contributed by atoms with Gasteiger partial charge in [0.15, 0.2) is 0 Å². The van der Waals surface area contributed by atoms with Gasteiger partial charge in [0.05, 0.1) is 48.1 Å². The van der Waals surface area contributed by atoms with Gasteiger partial charge >= 0.3 is 12.2 Å². The third-order valence-corrected chi connectivity index (χ3v) is 11.8. The minimum atomic E-state index is -1.34. The molecule has 2 saturated heterocycles. The highest BCUT2D eigenvalue weighted by molar-refractivity contribution is 5.88. The van der Waals surface area contributed by atoms with Gasteiger partial charge in [-0.2, -0.15) is 0 Å². The van der Waals surface area contributed by atoms with Crippen LogP contribution in [0, 0.1) is 13.8 Å². The molecule has 0 saturated carbocycles. The molecule has 4 heterocycles. The van der Waals surface area contributed by atoms with Crippen molar-refractivity contribution < 1.29 is 39.6 Å². The maximum Gasteiger partial charge on any atom is 0.405 e. The fraction of sp³-hybridized carbons (Fsp3) is 0.261. The van der Waals surface area contributed by atoms with Crippen LogP contribution in [0.5, 0.6) is 0 Å². The van der Waals surface area contributed by atoms with Gasteiger partial charge < -0.3 is 50.8 Å². The molecule has 6 atom stereocenters. The highest BCUT2D eigenvalue weighted by Gasteiger charge is 2.42. The zero-order valence-electron chi connectivity index (χ0n) is 33.9. The number of aromatic nitrogens is 4. The number of aromatic amines is 2. The summed E-state index contributed by atoms with van der Waals surface area (Å²) in [6.45, 7) is 4.14. The van der Waals surface area contributed by atoms with Crippen molar-refractivity contribution in [2.45, 2.75) is 63.1 Å². The van der Waals surface area contributed by atoms with Crippen LogP contribution in [-0.4, -0.2) is 99.5 Å². The number of hydrogen-bond acceptors (Lipinski definition) is 8. The molecule has 62 heavy (non-hydrogen) atoms. The number of benzene rings is 4. The van der Waals surface area contributed by atoms with Gasteiger partial charge in [0, 0.05) is 31.5 Å². The van der Waals surface area contributed by atoms with E-state index in [9.17, 15) is 39.6 Å². The van der Waals surface area contributed by atoms with Gasteiger partial charge in [-0.15, -0.1) is 0 Å². The van der Waals surface area contributed by atoms with Crippen LogP contribution in [0.1, 0.15) is 70.9 Å². The Balaban J connectivity index is 0.983. The van der Waals surface area contributed by atoms with Crippen molar-refractivity contribution in [3.63, 3.8) is 0 Å². The molecule has 16 nitrogen and oxygen atoms in total. The quantitative estimate of drug-likeness (QED) is 0.0753. The lowest BCUT2D eigenvalue weighted by molar-refractivity contribution is -0.135. The number of carbonyl (C=O) groups excluding carboxylic acids is 2. The fourth-order valence-electron chi connectivity index (χ4n) is 8.63. The third-order valence-electron chi connectivity index (χ3n) is 11.8. The summed E-state index contributed by atoms with van der Waals surface area (Å²) in [5.74, 6) is 0.00452. The summed E-state index contributed by atoms with van der Waals surface area (Å²) in [4.78, 5) is 69.9. The van der Waals surface area contributed by atoms with Crippen molar-refractivity contribution in [3.05, 3.63) is 143 Å². The first-order valence-electron chi connectivity index (χ1n) is 20.2. The van der Waals surface area contributed by atoms with E-state index in [1.807, 2.05) is 50.2 Å². The zero-order valence-corrected chi connectivity index (χ0v) is 33.9. The number of rotatable bonds is 11. The molecule has 4 aromatic carbocycles. The summed E-state index contributed by atoms with van der Waals surface area (Å²) in [6, 6.07) is 25.7. The number of aliphatic hydroxyl groups excluding tert-OH is 2. The number of amides is 4. The molecule has 0 unspecified atom stereocenters. The van der Waals surface area contributed by atoms with E-state index < -0.39 is 60.4 Å². The number of hydrogen-bond donors (Lipinski definition) is 8. The van der Waals surface area contributed by atoms with Gasteiger partial charge in [-0.3, -0.25) is 9.59 Å². The van der Waals surface area contributed by atoms with E-state index in [0.29, 0.717) is 28.5 Å². The fourth-order valence-corrected chi connectivity index (χ4v) is 8.63. The van der Waals surface area contributed by atoms with Crippen LogP contribution in [0.2, 0.25) is 0 Å². The Kier molecular flexibility index (Phi) is 11.6. The van der Waals surface area contributed by atoms with Gasteiger partial charge in [0.1, 0.15) is 23.7 Å². The van der Waals surface area contributed by atoms with Crippen molar-refractivity contribution in [1.29, 1.82) is 0 Å². The van der Waals surface area contributed by atoms with Crippen molar-refractivity contribution >= 4 is 24.0 Å². The van der Waals surface area contributed by atoms with Crippen LogP contribution in [0.15, 0.2) is 109 Å². The average molecular weight is 839 g/mol. The maximum atomic E-state index is 13.9. The SMILES string of the molecule is Cc1c(-c2ccc(-c3cnc([C@@H]4C[C@H](O)CN4C(=O)[C@H](NC(=O)O)c4ccccc4)[nH]3)cc2)ccc(-c2cnc([C@@H]3C[C@H](O)CN3C(=O)[C@H](NC(=O)O)c3ccccc3)[nH]2)c1C. The van der Waals surface area contributed by atoms with Gasteiger partial charge in [0.2, 0.25) is 0 Å². The summed E-state index contributed by atoms with van der Waals surface area (Å²) in [5.41, 5.74) is 8.26. The number of nitrogens with one attached hydrogen (secondary N) is 4. The molecule has 0 bridgehead atoms. The lowest BCUT2D eigenvalue weighted by Crippen LogP contribution is -2.43. The molecule has 2 aromatic heterocycles. The van der Waals surface area contributed by atoms with E-state index in [4.69, 9.17) is 0 Å². The number of H-pyrrole nitrogens is 2. The van der Waals surface area contributed by atoms with E-state index in [-0.39, 0.29) is 25.9 Å². The van der Waals surface area contributed by atoms with E-state index >= 15 is 0 Å².